The second kappa shape index (κ2) is 26.4. The second-order valence-electron chi connectivity index (χ2n) is 22.8. The number of nitrogens with one attached hydrogen (secondary N) is 2. The number of hydrogen-bond donors (Lipinski definition) is 4. The summed E-state index contributed by atoms with van der Waals surface area (Å²) in [5.74, 6) is -3.54. The molecule has 2 aliphatic carbocycles. The fraction of sp³-hybridized carbons (Fsp3) is 0.390. The first-order valence-corrected chi connectivity index (χ1v) is 28.0. The van der Waals surface area contributed by atoms with Crippen molar-refractivity contribution in [3.05, 3.63) is 130 Å². The number of aromatic carboxylic acids is 1. The lowest BCUT2D eigenvalue weighted by atomic mass is 9.82. The van der Waals surface area contributed by atoms with Crippen LogP contribution < -0.4 is 16.4 Å². The number of carbonyl (C=O) groups is 4. The predicted octanol–water partition coefficient (Wildman–Crippen LogP) is 13.1. The molecule has 0 unspecified atom stereocenters. The monoisotopic (exact) mass is 1210 g/mol. The van der Waals surface area contributed by atoms with E-state index in [2.05, 4.69) is 50.5 Å². The molecule has 4 atom stereocenters. The van der Waals surface area contributed by atoms with E-state index in [4.69, 9.17) is 43.5 Å². The van der Waals surface area contributed by atoms with Crippen LogP contribution in [-0.4, -0.2) is 107 Å². The van der Waals surface area contributed by atoms with E-state index in [1.807, 2.05) is 6.92 Å². The van der Waals surface area contributed by atoms with Crippen LogP contribution in [0.4, 0.5) is 38.8 Å². The van der Waals surface area contributed by atoms with Crippen molar-refractivity contribution in [2.24, 2.45) is 11.7 Å². The van der Waals surface area contributed by atoms with Crippen LogP contribution >= 0.6 is 23.2 Å². The molecule has 2 aromatic carbocycles. The maximum absolute atomic E-state index is 15.1. The Labute approximate surface area is 496 Å². The Morgan fingerprint density at radius 1 is 0.612 bits per heavy atom. The van der Waals surface area contributed by atoms with Gasteiger partial charge in [-0.3, -0.25) is 14.8 Å². The molecule has 0 amide bonds. The third-order valence-electron chi connectivity index (χ3n) is 13.5. The zero-order valence-corrected chi connectivity index (χ0v) is 49.3. The van der Waals surface area contributed by atoms with Gasteiger partial charge in [0.2, 0.25) is 0 Å². The van der Waals surface area contributed by atoms with E-state index in [0.717, 1.165) is 77.9 Å². The highest BCUT2D eigenvalue weighted by Gasteiger charge is 2.30. The topological polar surface area (TPSA) is 270 Å². The van der Waals surface area contributed by atoms with Crippen LogP contribution in [0.5, 0.6) is 0 Å². The van der Waals surface area contributed by atoms with Crippen molar-refractivity contribution >= 4 is 80.6 Å². The summed E-state index contributed by atoms with van der Waals surface area (Å²) in [6.07, 6.45) is 15.9. The molecule has 0 aliphatic heterocycles. The molecule has 26 heteroatoms. The summed E-state index contributed by atoms with van der Waals surface area (Å²) in [5, 5.41) is 15.5. The Bertz CT molecular complexity index is 3780. The predicted molar refractivity (Wildman–Crippen MR) is 312 cm³/mol. The van der Waals surface area contributed by atoms with Crippen LogP contribution in [0.1, 0.15) is 132 Å². The molecular formula is C59H63Cl2F4N13O7. The van der Waals surface area contributed by atoms with Gasteiger partial charge in [-0.2, -0.15) is 0 Å². The molecule has 8 aromatic rings. The summed E-state index contributed by atoms with van der Waals surface area (Å²) in [7, 11) is 0. The van der Waals surface area contributed by atoms with E-state index in [0.29, 0.717) is 41.6 Å². The number of carboxylic acid groups (broad SMARTS) is 1. The summed E-state index contributed by atoms with van der Waals surface area (Å²) in [6.45, 7) is 13.8. The van der Waals surface area contributed by atoms with Crippen LogP contribution in [0.3, 0.4) is 0 Å². The lowest BCUT2D eigenvalue weighted by molar-refractivity contribution is 0.0532. The third kappa shape index (κ3) is 16.2. The van der Waals surface area contributed by atoms with Gasteiger partial charge in [0, 0.05) is 81.3 Å². The van der Waals surface area contributed by atoms with Gasteiger partial charge in [-0.25, -0.2) is 71.0 Å². The first-order chi connectivity index (χ1) is 40.1. The van der Waals surface area contributed by atoms with Crippen LogP contribution in [-0.2, 0) is 9.47 Å². The number of nitrogens with two attached hydrogens (primary N) is 1. The quantitative estimate of drug-likeness (QED) is 0.0732. The molecular weight excluding hydrogens is 1150 g/mol. The summed E-state index contributed by atoms with van der Waals surface area (Å²) in [6, 6.07) is 5.13. The SMILES string of the molecule is CC(C)(C)OC(=O)n1cc(-c2ncc(F)c(N[C@H]3CCC[C@@H](N)C3)n2)c2cc(Cl)cc(F)c21.Cc1cnc(C(=O)C[C@@H]2CCC[C@H](Nc3nc(-c4cn(C(=O)OC(C)(C)C)c5c(F)cc(Cl)cc45)ncc3F)C2)cn1.Cc1cnc(C(=O)O)cn1. The van der Waals surface area contributed by atoms with Gasteiger partial charge in [-0.05, 0) is 131 Å². The molecule has 6 heterocycles. The molecule has 0 radical (unpaired) electrons. The number of nitrogens with zero attached hydrogens (tertiary/aromatic N) is 10. The number of rotatable bonds is 10. The molecule has 20 nitrogen and oxygen atoms in total. The highest BCUT2D eigenvalue weighted by atomic mass is 35.5. The molecule has 2 fully saturated rings. The van der Waals surface area contributed by atoms with E-state index in [1.165, 1.54) is 43.1 Å². The van der Waals surface area contributed by atoms with Crippen LogP contribution in [0, 0.1) is 43.0 Å². The fourth-order valence-electron chi connectivity index (χ4n) is 9.78. The van der Waals surface area contributed by atoms with Gasteiger partial charge in [0.25, 0.3) is 0 Å². The number of halogens is 6. The van der Waals surface area contributed by atoms with Crippen molar-refractivity contribution in [1.82, 2.24) is 49.0 Å². The minimum absolute atomic E-state index is 0.0130. The lowest BCUT2D eigenvalue weighted by Crippen LogP contribution is -2.35. The third-order valence-corrected chi connectivity index (χ3v) is 13.9. The van der Waals surface area contributed by atoms with Crippen LogP contribution in [0.2, 0.25) is 10.0 Å². The number of carboxylic acids is 1. The number of hydrogen-bond acceptors (Lipinski definition) is 17. The summed E-state index contributed by atoms with van der Waals surface area (Å²) in [4.78, 5) is 81.4. The van der Waals surface area contributed by atoms with Gasteiger partial charge in [0.15, 0.2) is 46.4 Å². The average Bonchev–Trinajstić information content (AvgIpc) is 1.90. The smallest absolute Gasteiger partial charge is 0.419 e. The first kappa shape index (κ1) is 62.8. The summed E-state index contributed by atoms with van der Waals surface area (Å²) < 4.78 is 72.4. The maximum atomic E-state index is 15.1. The minimum Gasteiger partial charge on any atom is -0.476 e. The van der Waals surface area contributed by atoms with Gasteiger partial charge in [0.1, 0.15) is 28.5 Å². The molecule has 5 N–H and O–H groups in total. The molecule has 0 spiro atoms. The van der Waals surface area contributed by atoms with Gasteiger partial charge in [-0.15, -0.1) is 0 Å². The number of benzene rings is 2. The Hall–Kier alpha value is -8.22. The Morgan fingerprint density at radius 3 is 1.48 bits per heavy atom. The number of aromatic nitrogens is 10. The molecule has 0 bridgehead atoms. The number of ketones is 1. The Morgan fingerprint density at radius 2 is 1.06 bits per heavy atom. The highest BCUT2D eigenvalue weighted by Crippen LogP contribution is 2.37. The zero-order valence-electron chi connectivity index (χ0n) is 47.8. The van der Waals surface area contributed by atoms with E-state index < -0.39 is 52.6 Å². The standard InChI is InChI=1S/C30H31ClF2N6O3.C23H26ClF2N5O2.C6H6N2O2/c1-16-12-35-24(14-34-16)25(40)9-17-6-5-7-19(8-17)37-28-23(33)13-36-27(38-28)21-15-39(29(41)42-30(2,3)4)26-20(21)10-18(31)11-22(26)32;1-23(2,3)33-22(32)31-11-16(15-7-12(24)8-17(25)19(15)31)20-28-10-18(26)21(30-20)29-14-6-4-5-13(27)9-14;1-4-2-8-5(3-7-4)6(9)10/h10-15,17,19H,5-9H2,1-4H3,(H,36,37,38);7-8,10-11,13-14H,4-6,9,27H2,1-3H3,(H,28,29,30);2-3H,1H3,(H,9,10)/t17-,19+;13-,14+;/m11./s1. The Kier molecular flexibility index (Phi) is 19.5. The second-order valence-corrected chi connectivity index (χ2v) is 23.7. The zero-order chi connectivity index (χ0) is 61.7. The van der Waals surface area contributed by atoms with Gasteiger partial charge in [-0.1, -0.05) is 29.6 Å². The van der Waals surface area contributed by atoms with Gasteiger partial charge in [0.05, 0.1) is 47.2 Å². The number of anilines is 2. The highest BCUT2D eigenvalue weighted by molar-refractivity contribution is 6.32. The largest absolute Gasteiger partial charge is 0.476 e. The number of Topliss-reactive ketones (excluding diaryl/α,β-unsaturated/α-hetero) is 1. The molecule has 6 aromatic heterocycles. The minimum atomic E-state index is -1.05. The van der Waals surface area contributed by atoms with Crippen LogP contribution in [0.25, 0.3) is 44.6 Å². The number of ether oxygens (including phenoxy) is 2. The first-order valence-electron chi connectivity index (χ1n) is 27.2. The summed E-state index contributed by atoms with van der Waals surface area (Å²) >= 11 is 12.2. The average molecular weight is 1210 g/mol. The normalized spacial score (nSPS) is 17.0. The number of aryl methyl sites for hydroxylation is 2. The van der Waals surface area contributed by atoms with E-state index >= 15 is 4.39 Å². The molecule has 10 rings (SSSR count). The number of fused-ring (bicyclic) bond motifs is 2. The molecule has 85 heavy (non-hydrogen) atoms. The summed E-state index contributed by atoms with van der Waals surface area (Å²) in [5.41, 5.74) is 6.72. The van der Waals surface area contributed by atoms with Gasteiger partial charge >= 0.3 is 18.2 Å². The Balaban J connectivity index is 0.000000194. The van der Waals surface area contributed by atoms with Crippen molar-refractivity contribution in [3.8, 4) is 22.8 Å². The molecule has 2 aliphatic rings. The lowest BCUT2D eigenvalue weighted by Gasteiger charge is -2.29. The van der Waals surface area contributed by atoms with Crippen LogP contribution in [0.15, 0.2) is 73.8 Å². The van der Waals surface area contributed by atoms with Crippen molar-refractivity contribution in [1.29, 1.82) is 0 Å². The van der Waals surface area contributed by atoms with Crippen molar-refractivity contribution < 1.29 is 51.3 Å². The van der Waals surface area contributed by atoms with E-state index in [9.17, 15) is 32.3 Å². The van der Waals surface area contributed by atoms with Crippen molar-refractivity contribution in [2.45, 2.75) is 143 Å². The number of carbonyl (C=O) groups excluding carboxylic acids is 3. The van der Waals surface area contributed by atoms with Gasteiger partial charge < -0.3 is 30.9 Å². The van der Waals surface area contributed by atoms with E-state index in [1.54, 1.807) is 54.7 Å². The molecule has 0 saturated heterocycles. The van der Waals surface area contributed by atoms with Crippen molar-refractivity contribution in [2.75, 3.05) is 10.6 Å². The molecule has 448 valence electrons. The van der Waals surface area contributed by atoms with E-state index in [-0.39, 0.29) is 90.8 Å². The van der Waals surface area contributed by atoms with Crippen molar-refractivity contribution in [3.63, 3.8) is 0 Å². The maximum Gasteiger partial charge on any atom is 0.419 e. The molecule has 2 saturated carbocycles. The fourth-order valence-corrected chi connectivity index (χ4v) is 10.2.